The average Bonchev–Trinajstić information content (AvgIpc) is 3.33. The molecule has 1 saturated heterocycles. The maximum absolute atomic E-state index is 13.2. The van der Waals surface area contributed by atoms with E-state index in [2.05, 4.69) is 4.90 Å². The molecule has 11 heteroatoms. The van der Waals surface area contributed by atoms with Crippen molar-refractivity contribution in [1.82, 2.24) is 4.98 Å². The number of piperidine rings is 1. The van der Waals surface area contributed by atoms with Gasteiger partial charge in [0.1, 0.15) is 0 Å². The molecule has 1 fully saturated rings. The summed E-state index contributed by atoms with van der Waals surface area (Å²) in [5.74, 6) is 1.75. The highest BCUT2D eigenvalue weighted by atomic mass is 35.5. The lowest BCUT2D eigenvalue weighted by molar-refractivity contribution is 0.324. The Hall–Kier alpha value is -2.20. The van der Waals surface area contributed by atoms with E-state index in [1.165, 1.54) is 12.1 Å². The number of benzene rings is 2. The van der Waals surface area contributed by atoms with Crippen molar-refractivity contribution in [2.24, 2.45) is 0 Å². The summed E-state index contributed by atoms with van der Waals surface area (Å²) < 4.78 is 42.6. The summed E-state index contributed by atoms with van der Waals surface area (Å²) in [6, 6.07) is 8.37. The molecule has 0 atom stereocenters. The standard InChI is InChI=1S/C24H26Cl2N2O5S2/c1-31-20-11-15(12-21(32-2)23(20)33-3)10-17-14-34-24(27-17)28-8-6-18(7-9-28)35(29,30)22-13-16(25)4-5-19(22)26/h4-5,11-14,18H,6-10H2,1-3H3. The lowest BCUT2D eigenvalue weighted by atomic mass is 10.1. The van der Waals surface area contributed by atoms with Gasteiger partial charge in [0.15, 0.2) is 26.5 Å². The largest absolute Gasteiger partial charge is 0.493 e. The number of halogens is 2. The summed E-state index contributed by atoms with van der Waals surface area (Å²) in [7, 11) is 1.18. The minimum absolute atomic E-state index is 0.104. The highest BCUT2D eigenvalue weighted by Gasteiger charge is 2.33. The van der Waals surface area contributed by atoms with Gasteiger partial charge in [-0.1, -0.05) is 23.2 Å². The molecular weight excluding hydrogens is 531 g/mol. The van der Waals surface area contributed by atoms with E-state index < -0.39 is 15.1 Å². The van der Waals surface area contributed by atoms with Gasteiger partial charge in [0.05, 0.1) is 42.2 Å². The number of hydrogen-bond acceptors (Lipinski definition) is 8. The van der Waals surface area contributed by atoms with Gasteiger partial charge in [0, 0.05) is 29.9 Å². The number of hydrogen-bond donors (Lipinski definition) is 0. The Bertz CT molecular complexity index is 1280. The van der Waals surface area contributed by atoms with Gasteiger partial charge in [-0.2, -0.15) is 0 Å². The molecule has 35 heavy (non-hydrogen) atoms. The van der Waals surface area contributed by atoms with Crippen molar-refractivity contribution in [1.29, 1.82) is 0 Å². The van der Waals surface area contributed by atoms with Crippen LogP contribution in [-0.2, 0) is 16.3 Å². The Morgan fingerprint density at radius 3 is 2.29 bits per heavy atom. The Morgan fingerprint density at radius 1 is 1.03 bits per heavy atom. The summed E-state index contributed by atoms with van der Waals surface area (Å²) in [4.78, 5) is 7.04. The predicted octanol–water partition coefficient (Wildman–Crippen LogP) is 5.51. The van der Waals surface area contributed by atoms with Crippen molar-refractivity contribution in [2.75, 3.05) is 39.3 Å². The van der Waals surface area contributed by atoms with Gasteiger partial charge in [-0.05, 0) is 48.7 Å². The first-order chi connectivity index (χ1) is 16.8. The molecule has 188 valence electrons. The summed E-state index contributed by atoms with van der Waals surface area (Å²) in [6.45, 7) is 1.19. The van der Waals surface area contributed by atoms with E-state index in [0.717, 1.165) is 16.4 Å². The zero-order valence-electron chi connectivity index (χ0n) is 19.6. The molecule has 0 amide bonds. The maximum Gasteiger partial charge on any atom is 0.203 e. The van der Waals surface area contributed by atoms with Crippen LogP contribution in [0.5, 0.6) is 17.2 Å². The monoisotopic (exact) mass is 556 g/mol. The van der Waals surface area contributed by atoms with Crippen molar-refractivity contribution < 1.29 is 22.6 Å². The Balaban J connectivity index is 1.44. The molecule has 1 aromatic heterocycles. The van der Waals surface area contributed by atoms with Gasteiger partial charge in [0.25, 0.3) is 0 Å². The summed E-state index contributed by atoms with van der Waals surface area (Å²) in [5.41, 5.74) is 1.90. The van der Waals surface area contributed by atoms with E-state index >= 15 is 0 Å². The number of rotatable bonds is 8. The van der Waals surface area contributed by atoms with Crippen LogP contribution < -0.4 is 19.1 Å². The maximum atomic E-state index is 13.2. The molecule has 0 bridgehead atoms. The summed E-state index contributed by atoms with van der Waals surface area (Å²) >= 11 is 13.7. The van der Waals surface area contributed by atoms with Crippen molar-refractivity contribution in [3.63, 3.8) is 0 Å². The predicted molar refractivity (Wildman–Crippen MR) is 140 cm³/mol. The van der Waals surface area contributed by atoms with E-state index in [9.17, 15) is 8.42 Å². The van der Waals surface area contributed by atoms with Crippen LogP contribution >= 0.6 is 34.5 Å². The molecule has 0 saturated carbocycles. The van der Waals surface area contributed by atoms with Crippen LogP contribution in [0, 0.1) is 0 Å². The summed E-state index contributed by atoms with van der Waals surface area (Å²) in [6.07, 6.45) is 1.59. The molecule has 0 radical (unpaired) electrons. The number of aromatic nitrogens is 1. The van der Waals surface area contributed by atoms with Crippen molar-refractivity contribution >= 4 is 49.5 Å². The van der Waals surface area contributed by atoms with Gasteiger partial charge < -0.3 is 19.1 Å². The van der Waals surface area contributed by atoms with Crippen LogP contribution in [0.25, 0.3) is 0 Å². The molecule has 1 aliphatic rings. The second-order valence-corrected chi connectivity index (χ2v) is 12.0. The lowest BCUT2D eigenvalue weighted by Crippen LogP contribution is -2.39. The smallest absolute Gasteiger partial charge is 0.203 e. The van der Waals surface area contributed by atoms with Crippen LogP contribution in [0.1, 0.15) is 24.1 Å². The molecule has 0 unspecified atom stereocenters. The third-order valence-electron chi connectivity index (χ3n) is 6.00. The third-order valence-corrected chi connectivity index (χ3v) is 9.93. The molecule has 0 spiro atoms. The average molecular weight is 558 g/mol. The van der Waals surface area contributed by atoms with Crippen LogP contribution in [0.15, 0.2) is 40.6 Å². The molecule has 2 aromatic carbocycles. The highest BCUT2D eigenvalue weighted by Crippen LogP contribution is 2.39. The number of nitrogens with zero attached hydrogens (tertiary/aromatic N) is 2. The molecule has 4 rings (SSSR count). The first kappa shape index (κ1) is 25.9. The Morgan fingerprint density at radius 2 is 1.69 bits per heavy atom. The quantitative estimate of drug-likeness (QED) is 0.362. The number of sulfone groups is 1. The van der Waals surface area contributed by atoms with Crippen molar-refractivity contribution in [2.45, 2.75) is 29.4 Å². The van der Waals surface area contributed by atoms with Gasteiger partial charge in [0.2, 0.25) is 5.75 Å². The van der Waals surface area contributed by atoms with E-state index in [-0.39, 0.29) is 9.92 Å². The van der Waals surface area contributed by atoms with Crippen LogP contribution in [0.3, 0.4) is 0 Å². The molecule has 3 aromatic rings. The topological polar surface area (TPSA) is 78.0 Å². The zero-order chi connectivity index (χ0) is 25.2. The first-order valence-electron chi connectivity index (χ1n) is 10.9. The van der Waals surface area contributed by atoms with Crippen LogP contribution in [0.4, 0.5) is 5.13 Å². The van der Waals surface area contributed by atoms with Crippen LogP contribution in [-0.4, -0.2) is 53.1 Å². The van der Waals surface area contributed by atoms with Crippen molar-refractivity contribution in [3.05, 3.63) is 57.0 Å². The molecule has 0 N–H and O–H groups in total. The fourth-order valence-electron chi connectivity index (χ4n) is 4.20. The number of anilines is 1. The second-order valence-electron chi connectivity index (χ2n) is 8.14. The molecule has 7 nitrogen and oxygen atoms in total. The summed E-state index contributed by atoms with van der Waals surface area (Å²) in [5, 5.41) is 2.95. The van der Waals surface area contributed by atoms with Crippen LogP contribution in [0.2, 0.25) is 10.0 Å². The first-order valence-corrected chi connectivity index (χ1v) is 14.1. The Labute approximate surface area is 219 Å². The van der Waals surface area contributed by atoms with E-state index in [0.29, 0.717) is 54.6 Å². The van der Waals surface area contributed by atoms with Gasteiger partial charge in [-0.3, -0.25) is 0 Å². The zero-order valence-corrected chi connectivity index (χ0v) is 22.7. The van der Waals surface area contributed by atoms with E-state index in [1.54, 1.807) is 38.7 Å². The molecule has 2 heterocycles. The molecular formula is C24H26Cl2N2O5S2. The number of ether oxygens (including phenoxy) is 3. The molecule has 1 aliphatic heterocycles. The SMILES string of the molecule is COc1cc(Cc2csc(N3CCC(S(=O)(=O)c4cc(Cl)ccc4Cl)CC3)n2)cc(OC)c1OC. The van der Waals surface area contributed by atoms with Crippen molar-refractivity contribution in [3.8, 4) is 17.2 Å². The minimum Gasteiger partial charge on any atom is -0.493 e. The Kier molecular flexibility index (Phi) is 8.00. The molecule has 0 aliphatic carbocycles. The number of thiazole rings is 1. The van der Waals surface area contributed by atoms with Gasteiger partial charge in [-0.25, -0.2) is 13.4 Å². The lowest BCUT2D eigenvalue weighted by Gasteiger charge is -2.31. The second kappa shape index (κ2) is 10.8. The normalized spacial score (nSPS) is 14.7. The van der Waals surface area contributed by atoms with Gasteiger partial charge >= 0.3 is 0 Å². The van der Waals surface area contributed by atoms with Gasteiger partial charge in [-0.15, -0.1) is 11.3 Å². The third kappa shape index (κ3) is 5.48. The fourth-order valence-corrected chi connectivity index (χ4v) is 7.58. The van der Waals surface area contributed by atoms with E-state index in [4.69, 9.17) is 42.4 Å². The fraction of sp³-hybridized carbons (Fsp3) is 0.375. The minimum atomic E-state index is -3.57. The highest BCUT2D eigenvalue weighted by molar-refractivity contribution is 7.92. The van der Waals surface area contributed by atoms with E-state index in [1.807, 2.05) is 17.5 Å². The number of methoxy groups -OCH3 is 3.